The fraction of sp³-hybridized carbons (Fsp3) is 0.158. The summed E-state index contributed by atoms with van der Waals surface area (Å²) in [6.07, 6.45) is 1.52. The van der Waals surface area contributed by atoms with E-state index in [9.17, 15) is 13.6 Å². The van der Waals surface area contributed by atoms with E-state index in [0.717, 1.165) is 10.6 Å². The number of hydrogen-bond acceptors (Lipinski definition) is 5. The number of benzene rings is 2. The highest BCUT2D eigenvalue weighted by Crippen LogP contribution is 2.29. The van der Waals surface area contributed by atoms with Crippen LogP contribution in [0.5, 0.6) is 11.5 Å². The van der Waals surface area contributed by atoms with Gasteiger partial charge in [0.15, 0.2) is 11.5 Å². The van der Waals surface area contributed by atoms with Crippen LogP contribution < -0.4 is 14.8 Å². The predicted octanol–water partition coefficient (Wildman–Crippen LogP) is 4.35. The van der Waals surface area contributed by atoms with Crippen LogP contribution >= 0.6 is 11.3 Å². The van der Waals surface area contributed by atoms with E-state index in [1.807, 2.05) is 30.3 Å². The molecule has 0 aliphatic carbocycles. The van der Waals surface area contributed by atoms with Crippen LogP contribution in [0, 0.1) is 0 Å². The predicted molar refractivity (Wildman–Crippen MR) is 98.3 cm³/mol. The summed E-state index contributed by atoms with van der Waals surface area (Å²) < 4.78 is 34.4. The molecule has 0 saturated carbocycles. The Morgan fingerprint density at radius 1 is 1.19 bits per heavy atom. The standard InChI is InChI=1S/C19H16F2N2O3S/c1-25-14-8-7-12(9-15(14)26-19(20)21)10-22-17(24)16-11-23-18(27-16)13-5-3-2-4-6-13/h2-9,11,19H,10H2,1H3,(H,22,24). The molecule has 0 spiro atoms. The number of carbonyl (C=O) groups is 1. The molecule has 0 unspecified atom stereocenters. The largest absolute Gasteiger partial charge is 0.493 e. The summed E-state index contributed by atoms with van der Waals surface area (Å²) in [6, 6.07) is 14.1. The Morgan fingerprint density at radius 2 is 1.96 bits per heavy atom. The van der Waals surface area contributed by atoms with Gasteiger partial charge in [-0.3, -0.25) is 4.79 Å². The Kier molecular flexibility index (Phi) is 5.97. The van der Waals surface area contributed by atoms with Gasteiger partial charge in [-0.15, -0.1) is 11.3 Å². The van der Waals surface area contributed by atoms with Gasteiger partial charge in [-0.25, -0.2) is 4.98 Å². The van der Waals surface area contributed by atoms with Crippen LogP contribution in [0.3, 0.4) is 0 Å². The maximum Gasteiger partial charge on any atom is 0.387 e. The van der Waals surface area contributed by atoms with Gasteiger partial charge in [-0.05, 0) is 17.7 Å². The zero-order valence-corrected chi connectivity index (χ0v) is 15.1. The molecular formula is C19H16F2N2O3S. The molecule has 2 aromatic carbocycles. The third-order valence-electron chi connectivity index (χ3n) is 3.65. The number of hydrogen-bond donors (Lipinski definition) is 1. The van der Waals surface area contributed by atoms with E-state index in [4.69, 9.17) is 4.74 Å². The van der Waals surface area contributed by atoms with Gasteiger partial charge in [0.2, 0.25) is 0 Å². The van der Waals surface area contributed by atoms with Crippen LogP contribution in [-0.2, 0) is 6.54 Å². The number of carbonyl (C=O) groups excluding carboxylic acids is 1. The Balaban J connectivity index is 1.66. The number of halogens is 2. The quantitative estimate of drug-likeness (QED) is 0.652. The zero-order chi connectivity index (χ0) is 19.2. The van der Waals surface area contributed by atoms with E-state index in [2.05, 4.69) is 15.0 Å². The van der Waals surface area contributed by atoms with Gasteiger partial charge in [-0.1, -0.05) is 36.4 Å². The monoisotopic (exact) mass is 390 g/mol. The van der Waals surface area contributed by atoms with Crippen molar-refractivity contribution in [2.75, 3.05) is 7.11 Å². The minimum Gasteiger partial charge on any atom is -0.493 e. The van der Waals surface area contributed by atoms with Crippen molar-refractivity contribution >= 4 is 17.2 Å². The van der Waals surface area contributed by atoms with Crippen LogP contribution in [0.4, 0.5) is 8.78 Å². The van der Waals surface area contributed by atoms with Gasteiger partial charge < -0.3 is 14.8 Å². The molecule has 3 aromatic rings. The molecular weight excluding hydrogens is 374 g/mol. The van der Waals surface area contributed by atoms with Crippen molar-refractivity contribution in [1.82, 2.24) is 10.3 Å². The smallest absolute Gasteiger partial charge is 0.387 e. The second kappa shape index (κ2) is 8.59. The van der Waals surface area contributed by atoms with Crippen LogP contribution in [0.2, 0.25) is 0 Å². The molecule has 0 radical (unpaired) electrons. The molecule has 140 valence electrons. The topological polar surface area (TPSA) is 60.5 Å². The lowest BCUT2D eigenvalue weighted by atomic mass is 10.2. The highest BCUT2D eigenvalue weighted by molar-refractivity contribution is 7.16. The molecule has 1 N–H and O–H groups in total. The summed E-state index contributed by atoms with van der Waals surface area (Å²) in [7, 11) is 1.36. The van der Waals surface area contributed by atoms with Crippen molar-refractivity contribution in [3.8, 4) is 22.1 Å². The first kappa shape index (κ1) is 18.8. The summed E-state index contributed by atoms with van der Waals surface area (Å²) in [5.41, 5.74) is 1.54. The zero-order valence-electron chi connectivity index (χ0n) is 14.3. The van der Waals surface area contributed by atoms with E-state index < -0.39 is 6.61 Å². The minimum atomic E-state index is -2.96. The van der Waals surface area contributed by atoms with E-state index in [1.54, 1.807) is 6.07 Å². The van der Waals surface area contributed by atoms with Crippen LogP contribution in [-0.4, -0.2) is 24.6 Å². The van der Waals surface area contributed by atoms with Gasteiger partial charge >= 0.3 is 6.61 Å². The van der Waals surface area contributed by atoms with Gasteiger partial charge in [0.05, 0.1) is 13.3 Å². The first-order valence-electron chi connectivity index (χ1n) is 7.98. The Labute approximate surface area is 158 Å². The minimum absolute atomic E-state index is 0.0802. The van der Waals surface area contributed by atoms with E-state index in [1.165, 1.54) is 36.8 Å². The maximum atomic E-state index is 12.5. The van der Waals surface area contributed by atoms with Crippen molar-refractivity contribution in [2.24, 2.45) is 0 Å². The fourth-order valence-electron chi connectivity index (χ4n) is 2.38. The molecule has 5 nitrogen and oxygen atoms in total. The summed E-state index contributed by atoms with van der Waals surface area (Å²) in [6.45, 7) is -2.81. The van der Waals surface area contributed by atoms with Crippen molar-refractivity contribution in [2.45, 2.75) is 13.2 Å². The highest BCUT2D eigenvalue weighted by atomic mass is 32.1. The van der Waals surface area contributed by atoms with Crippen molar-refractivity contribution < 1.29 is 23.0 Å². The molecule has 8 heteroatoms. The van der Waals surface area contributed by atoms with Crippen LogP contribution in [0.1, 0.15) is 15.2 Å². The Bertz CT molecular complexity index is 916. The Hall–Kier alpha value is -3.00. The second-order valence-electron chi connectivity index (χ2n) is 5.44. The summed E-state index contributed by atoms with van der Waals surface area (Å²) in [5, 5.41) is 3.49. The highest BCUT2D eigenvalue weighted by Gasteiger charge is 2.14. The summed E-state index contributed by atoms with van der Waals surface area (Å²) >= 11 is 1.28. The lowest BCUT2D eigenvalue weighted by Crippen LogP contribution is -2.21. The number of nitrogens with one attached hydrogen (secondary N) is 1. The lowest BCUT2D eigenvalue weighted by Gasteiger charge is -2.11. The molecule has 1 aromatic heterocycles. The Morgan fingerprint density at radius 3 is 2.67 bits per heavy atom. The van der Waals surface area contributed by atoms with Gasteiger partial charge in [0.25, 0.3) is 5.91 Å². The summed E-state index contributed by atoms with van der Waals surface area (Å²) in [4.78, 5) is 17.1. The van der Waals surface area contributed by atoms with Crippen molar-refractivity contribution in [3.63, 3.8) is 0 Å². The first-order chi connectivity index (χ1) is 13.1. The molecule has 1 heterocycles. The number of alkyl halides is 2. The molecule has 0 fully saturated rings. The number of methoxy groups -OCH3 is 1. The second-order valence-corrected chi connectivity index (χ2v) is 6.47. The number of ether oxygens (including phenoxy) is 2. The molecule has 0 aliphatic heterocycles. The number of aromatic nitrogens is 1. The molecule has 0 saturated heterocycles. The maximum absolute atomic E-state index is 12.5. The molecule has 0 aliphatic rings. The van der Waals surface area contributed by atoms with Gasteiger partial charge in [0, 0.05) is 12.1 Å². The fourth-order valence-corrected chi connectivity index (χ4v) is 3.22. The first-order valence-corrected chi connectivity index (χ1v) is 8.79. The van der Waals surface area contributed by atoms with E-state index in [-0.39, 0.29) is 24.0 Å². The van der Waals surface area contributed by atoms with Gasteiger partial charge in [0.1, 0.15) is 9.88 Å². The average molecular weight is 390 g/mol. The van der Waals surface area contributed by atoms with Crippen molar-refractivity contribution in [1.29, 1.82) is 0 Å². The molecule has 1 amide bonds. The van der Waals surface area contributed by atoms with E-state index >= 15 is 0 Å². The van der Waals surface area contributed by atoms with Crippen LogP contribution in [0.25, 0.3) is 10.6 Å². The number of thiazole rings is 1. The SMILES string of the molecule is COc1ccc(CNC(=O)c2cnc(-c3ccccc3)s2)cc1OC(F)F. The van der Waals surface area contributed by atoms with Crippen LogP contribution in [0.15, 0.2) is 54.7 Å². The molecule has 3 rings (SSSR count). The van der Waals surface area contributed by atoms with Crippen molar-refractivity contribution in [3.05, 3.63) is 65.2 Å². The molecule has 27 heavy (non-hydrogen) atoms. The average Bonchev–Trinajstić information content (AvgIpc) is 3.17. The third kappa shape index (κ3) is 4.79. The van der Waals surface area contributed by atoms with Gasteiger partial charge in [-0.2, -0.15) is 8.78 Å². The molecule has 0 bridgehead atoms. The third-order valence-corrected chi connectivity index (χ3v) is 4.69. The number of rotatable bonds is 7. The molecule has 0 atom stereocenters. The number of amides is 1. The lowest BCUT2D eigenvalue weighted by molar-refractivity contribution is -0.0512. The van der Waals surface area contributed by atoms with E-state index in [0.29, 0.717) is 10.4 Å². The normalized spacial score (nSPS) is 10.7. The summed E-state index contributed by atoms with van der Waals surface area (Å²) in [5.74, 6) is -0.175. The number of nitrogens with zero attached hydrogens (tertiary/aromatic N) is 1.